The topological polar surface area (TPSA) is 75.4 Å². The molecule has 2 rings (SSSR count). The largest absolute Gasteiger partial charge is 0.369 e. The number of hydrogen-bond acceptors (Lipinski definition) is 3. The van der Waals surface area contributed by atoms with Gasteiger partial charge in [-0.05, 0) is 38.3 Å². The molecule has 2 atom stereocenters. The van der Waals surface area contributed by atoms with Crippen LogP contribution in [0.25, 0.3) is 0 Å². The first-order valence-electron chi connectivity index (χ1n) is 6.44. The number of nitrogens with two attached hydrogens (primary N) is 1. The molecule has 0 radical (unpaired) electrons. The Morgan fingerprint density at radius 1 is 1.35 bits per heavy atom. The number of primary amides is 1. The molecule has 17 heavy (non-hydrogen) atoms. The zero-order chi connectivity index (χ0) is 12.3. The number of piperidine rings is 1. The van der Waals surface area contributed by atoms with E-state index in [9.17, 15) is 9.59 Å². The minimum Gasteiger partial charge on any atom is -0.369 e. The Morgan fingerprint density at radius 3 is 2.82 bits per heavy atom. The predicted molar refractivity (Wildman–Crippen MR) is 64.1 cm³/mol. The molecule has 2 amide bonds. The van der Waals surface area contributed by atoms with Gasteiger partial charge in [0.25, 0.3) is 0 Å². The first-order chi connectivity index (χ1) is 8.16. The van der Waals surface area contributed by atoms with E-state index in [4.69, 9.17) is 5.73 Å². The van der Waals surface area contributed by atoms with Crippen LogP contribution in [-0.2, 0) is 9.59 Å². The Balaban J connectivity index is 1.83. The normalized spacial score (nSPS) is 29.3. The number of nitrogens with one attached hydrogen (secondary N) is 1. The molecule has 0 aromatic carbocycles. The third kappa shape index (κ3) is 3.19. The van der Waals surface area contributed by atoms with Crippen LogP contribution < -0.4 is 11.1 Å². The highest BCUT2D eigenvalue weighted by atomic mass is 16.2. The minimum atomic E-state index is -0.273. The van der Waals surface area contributed by atoms with Crippen molar-refractivity contribution in [2.24, 2.45) is 17.6 Å². The molecule has 2 unspecified atom stereocenters. The number of likely N-dealkylation sites (tertiary alicyclic amines) is 1. The van der Waals surface area contributed by atoms with E-state index < -0.39 is 0 Å². The molecule has 0 aliphatic carbocycles. The summed E-state index contributed by atoms with van der Waals surface area (Å²) in [4.78, 5) is 25.0. The maximum Gasteiger partial charge on any atom is 0.222 e. The lowest BCUT2D eigenvalue weighted by Crippen LogP contribution is -2.44. The van der Waals surface area contributed by atoms with E-state index in [1.54, 1.807) is 0 Å². The summed E-state index contributed by atoms with van der Waals surface area (Å²) in [6, 6.07) is 0. The minimum absolute atomic E-state index is 0.144. The third-order valence-corrected chi connectivity index (χ3v) is 3.80. The molecule has 96 valence electrons. The molecule has 0 saturated carbocycles. The number of rotatable bonds is 3. The lowest BCUT2D eigenvalue weighted by Gasteiger charge is -2.31. The van der Waals surface area contributed by atoms with Crippen molar-refractivity contribution in [3.8, 4) is 0 Å². The molecule has 5 nitrogen and oxygen atoms in total. The molecule has 2 fully saturated rings. The Morgan fingerprint density at radius 2 is 2.18 bits per heavy atom. The molecular formula is C12H21N3O2. The fraction of sp³-hybridized carbons (Fsp3) is 0.833. The third-order valence-electron chi connectivity index (χ3n) is 3.80. The molecule has 0 bridgehead atoms. The van der Waals surface area contributed by atoms with Gasteiger partial charge in [-0.15, -0.1) is 0 Å². The van der Waals surface area contributed by atoms with Crippen LogP contribution >= 0.6 is 0 Å². The van der Waals surface area contributed by atoms with E-state index >= 15 is 0 Å². The summed E-state index contributed by atoms with van der Waals surface area (Å²) < 4.78 is 0. The highest BCUT2D eigenvalue weighted by molar-refractivity contribution is 5.80. The van der Waals surface area contributed by atoms with Gasteiger partial charge in [0.05, 0.1) is 5.92 Å². The molecule has 0 aromatic heterocycles. The van der Waals surface area contributed by atoms with Crippen molar-refractivity contribution in [2.75, 3.05) is 26.2 Å². The Kier molecular flexibility index (Phi) is 3.99. The SMILES string of the molecule is NC(=O)C1CCCN(C(=O)CC2CCNC2)C1. The van der Waals surface area contributed by atoms with Crippen LogP contribution in [0.4, 0.5) is 0 Å². The van der Waals surface area contributed by atoms with Crippen molar-refractivity contribution in [2.45, 2.75) is 25.7 Å². The van der Waals surface area contributed by atoms with Crippen molar-refractivity contribution in [3.63, 3.8) is 0 Å². The fourth-order valence-electron chi connectivity index (χ4n) is 2.70. The van der Waals surface area contributed by atoms with E-state index in [0.717, 1.165) is 38.9 Å². The van der Waals surface area contributed by atoms with Crippen LogP contribution in [0.15, 0.2) is 0 Å². The van der Waals surface area contributed by atoms with Gasteiger partial charge in [0, 0.05) is 19.5 Å². The van der Waals surface area contributed by atoms with Crippen LogP contribution in [0, 0.1) is 11.8 Å². The van der Waals surface area contributed by atoms with Crippen molar-refractivity contribution in [1.29, 1.82) is 0 Å². The van der Waals surface area contributed by atoms with Crippen LogP contribution in [0.1, 0.15) is 25.7 Å². The number of carbonyl (C=O) groups excluding carboxylic acids is 2. The Bertz CT molecular complexity index is 300. The average molecular weight is 239 g/mol. The lowest BCUT2D eigenvalue weighted by atomic mass is 9.96. The average Bonchev–Trinajstić information content (AvgIpc) is 2.82. The van der Waals surface area contributed by atoms with Crippen molar-refractivity contribution in [3.05, 3.63) is 0 Å². The van der Waals surface area contributed by atoms with Crippen LogP contribution in [0.5, 0.6) is 0 Å². The van der Waals surface area contributed by atoms with Gasteiger partial charge in [-0.3, -0.25) is 9.59 Å². The summed E-state index contributed by atoms with van der Waals surface area (Å²) in [7, 11) is 0. The molecule has 0 spiro atoms. The number of amides is 2. The number of hydrogen-bond donors (Lipinski definition) is 2. The number of nitrogens with zero attached hydrogens (tertiary/aromatic N) is 1. The molecule has 3 N–H and O–H groups in total. The second-order valence-corrected chi connectivity index (χ2v) is 5.14. The molecule has 0 aromatic rings. The predicted octanol–water partition coefficient (Wildman–Crippen LogP) is -0.290. The summed E-state index contributed by atoms with van der Waals surface area (Å²) >= 11 is 0. The van der Waals surface area contributed by atoms with E-state index in [1.165, 1.54) is 0 Å². The zero-order valence-electron chi connectivity index (χ0n) is 10.2. The first kappa shape index (κ1) is 12.4. The molecule has 2 aliphatic rings. The maximum atomic E-state index is 12.1. The second-order valence-electron chi connectivity index (χ2n) is 5.14. The monoisotopic (exact) mass is 239 g/mol. The standard InChI is InChI=1S/C12H21N3O2/c13-12(17)10-2-1-5-15(8-10)11(16)6-9-3-4-14-7-9/h9-10,14H,1-8H2,(H2,13,17). The fourth-order valence-corrected chi connectivity index (χ4v) is 2.70. The smallest absolute Gasteiger partial charge is 0.222 e. The van der Waals surface area contributed by atoms with Crippen molar-refractivity contribution >= 4 is 11.8 Å². The Hall–Kier alpha value is -1.10. The summed E-state index contributed by atoms with van der Waals surface area (Å²) in [6.07, 6.45) is 3.41. The molecule has 5 heteroatoms. The summed E-state index contributed by atoms with van der Waals surface area (Å²) in [6.45, 7) is 3.26. The van der Waals surface area contributed by atoms with Gasteiger partial charge in [-0.2, -0.15) is 0 Å². The van der Waals surface area contributed by atoms with Gasteiger partial charge in [0.2, 0.25) is 11.8 Å². The van der Waals surface area contributed by atoms with Gasteiger partial charge in [0.1, 0.15) is 0 Å². The van der Waals surface area contributed by atoms with Crippen molar-refractivity contribution < 1.29 is 9.59 Å². The molecular weight excluding hydrogens is 218 g/mol. The maximum absolute atomic E-state index is 12.1. The summed E-state index contributed by atoms with van der Waals surface area (Å²) in [5.41, 5.74) is 5.31. The quantitative estimate of drug-likeness (QED) is 0.710. The highest BCUT2D eigenvalue weighted by Gasteiger charge is 2.28. The van der Waals surface area contributed by atoms with Gasteiger partial charge >= 0.3 is 0 Å². The van der Waals surface area contributed by atoms with Gasteiger partial charge in [-0.25, -0.2) is 0 Å². The van der Waals surface area contributed by atoms with E-state index in [-0.39, 0.29) is 17.7 Å². The Labute approximate surface area is 102 Å². The highest BCUT2D eigenvalue weighted by Crippen LogP contribution is 2.19. The summed E-state index contributed by atoms with van der Waals surface area (Å²) in [5, 5.41) is 3.26. The molecule has 2 saturated heterocycles. The van der Waals surface area contributed by atoms with Crippen LogP contribution in [0.3, 0.4) is 0 Å². The molecule has 2 aliphatic heterocycles. The van der Waals surface area contributed by atoms with Crippen molar-refractivity contribution in [1.82, 2.24) is 10.2 Å². The second kappa shape index (κ2) is 5.49. The number of carbonyl (C=O) groups is 2. The zero-order valence-corrected chi connectivity index (χ0v) is 10.2. The van der Waals surface area contributed by atoms with E-state index in [1.807, 2.05) is 4.90 Å². The van der Waals surface area contributed by atoms with Crippen LogP contribution in [0.2, 0.25) is 0 Å². The van der Waals surface area contributed by atoms with Gasteiger partial charge in [0.15, 0.2) is 0 Å². The first-order valence-corrected chi connectivity index (χ1v) is 6.44. The van der Waals surface area contributed by atoms with E-state index in [2.05, 4.69) is 5.32 Å². The van der Waals surface area contributed by atoms with Crippen LogP contribution in [-0.4, -0.2) is 42.9 Å². The lowest BCUT2D eigenvalue weighted by molar-refractivity contribution is -0.135. The summed E-state index contributed by atoms with van der Waals surface area (Å²) in [5.74, 6) is 0.237. The molecule has 2 heterocycles. The van der Waals surface area contributed by atoms with Gasteiger partial charge < -0.3 is 16.0 Å². The van der Waals surface area contributed by atoms with E-state index in [0.29, 0.717) is 18.9 Å². The van der Waals surface area contributed by atoms with Gasteiger partial charge in [-0.1, -0.05) is 0 Å².